The predicted octanol–water partition coefficient (Wildman–Crippen LogP) is 1.32. The molecule has 1 aromatic heterocycles. The summed E-state index contributed by atoms with van der Waals surface area (Å²) in [4.78, 5) is 4.20. The largest absolute Gasteiger partial charge is 0.338 e. The molecule has 1 aromatic rings. The molecule has 1 rings (SSSR count). The Balaban J connectivity index is 0.000001000. The van der Waals surface area contributed by atoms with Gasteiger partial charge in [-0.15, -0.1) is 0 Å². The molecule has 0 radical (unpaired) electrons. The smallest absolute Gasteiger partial charge is 0.109 e. The van der Waals surface area contributed by atoms with E-state index >= 15 is 0 Å². The Bertz CT molecular complexity index is 200. The zero-order valence-corrected chi connectivity index (χ0v) is 9.78. The minimum absolute atomic E-state index is 0. The van der Waals surface area contributed by atoms with Crippen molar-refractivity contribution in [1.82, 2.24) is 9.55 Å². The minimum atomic E-state index is 0. The SMILES string of the molecule is CSCCc1nccn1C.[Pt]. The second kappa shape index (κ2) is 5.84. The molecule has 0 saturated heterocycles. The molecule has 66 valence electrons. The van der Waals surface area contributed by atoms with Crippen LogP contribution >= 0.6 is 11.8 Å². The molecule has 0 unspecified atom stereocenters. The standard InChI is InChI=1S/C7H12N2S.Pt/c1-9-5-4-8-7(9)3-6-10-2;/h4-5H,3,6H2,1-2H3;. The summed E-state index contributed by atoms with van der Waals surface area (Å²) in [5.74, 6) is 2.33. The first-order valence-corrected chi connectivity index (χ1v) is 4.69. The molecule has 11 heavy (non-hydrogen) atoms. The summed E-state index contributed by atoms with van der Waals surface area (Å²) >= 11 is 1.86. The van der Waals surface area contributed by atoms with Crippen molar-refractivity contribution in [3.05, 3.63) is 18.2 Å². The van der Waals surface area contributed by atoms with E-state index in [-0.39, 0.29) is 21.1 Å². The van der Waals surface area contributed by atoms with Gasteiger partial charge in [-0.2, -0.15) is 11.8 Å². The van der Waals surface area contributed by atoms with Gasteiger partial charge in [0, 0.05) is 52.7 Å². The molecule has 1 heterocycles. The molecule has 0 spiro atoms. The number of thioether (sulfide) groups is 1. The second-order valence-corrected chi connectivity index (χ2v) is 3.18. The molecule has 0 saturated carbocycles. The van der Waals surface area contributed by atoms with Crippen LogP contribution in [0, 0.1) is 0 Å². The third kappa shape index (κ3) is 3.43. The minimum Gasteiger partial charge on any atom is -0.338 e. The summed E-state index contributed by atoms with van der Waals surface area (Å²) in [6.45, 7) is 0. The normalized spacial score (nSPS) is 9.27. The van der Waals surface area contributed by atoms with Gasteiger partial charge in [0.25, 0.3) is 0 Å². The molecule has 0 aliphatic rings. The van der Waals surface area contributed by atoms with E-state index in [2.05, 4.69) is 15.8 Å². The fourth-order valence-electron chi connectivity index (χ4n) is 0.831. The Morgan fingerprint density at radius 3 is 2.82 bits per heavy atom. The van der Waals surface area contributed by atoms with Gasteiger partial charge in [0.05, 0.1) is 0 Å². The average molecular weight is 351 g/mol. The van der Waals surface area contributed by atoms with E-state index in [1.54, 1.807) is 0 Å². The van der Waals surface area contributed by atoms with Gasteiger partial charge in [0.15, 0.2) is 0 Å². The Labute approximate surface area is 86.0 Å². The quantitative estimate of drug-likeness (QED) is 0.818. The van der Waals surface area contributed by atoms with Crippen LogP contribution in [0.15, 0.2) is 12.4 Å². The number of nitrogens with zero attached hydrogens (tertiary/aromatic N) is 2. The fourth-order valence-corrected chi connectivity index (χ4v) is 1.22. The molecule has 0 aromatic carbocycles. The Kier molecular flexibility index (Phi) is 5.97. The van der Waals surface area contributed by atoms with Crippen LogP contribution in [-0.2, 0) is 34.5 Å². The summed E-state index contributed by atoms with van der Waals surface area (Å²) in [7, 11) is 2.03. The van der Waals surface area contributed by atoms with Crippen LogP contribution < -0.4 is 0 Å². The van der Waals surface area contributed by atoms with Gasteiger partial charge in [-0.25, -0.2) is 4.98 Å². The maximum Gasteiger partial charge on any atom is 0.109 e. The summed E-state index contributed by atoms with van der Waals surface area (Å²) < 4.78 is 2.07. The molecule has 0 N–H and O–H groups in total. The molecule has 0 fully saturated rings. The molecule has 0 atom stereocenters. The van der Waals surface area contributed by atoms with Gasteiger partial charge in [0.2, 0.25) is 0 Å². The van der Waals surface area contributed by atoms with Crippen molar-refractivity contribution in [2.45, 2.75) is 6.42 Å². The molecular formula is C7H12N2PtS. The maximum atomic E-state index is 4.20. The Hall–Kier alpha value is 0.248. The van der Waals surface area contributed by atoms with Crippen molar-refractivity contribution in [3.8, 4) is 0 Å². The number of hydrogen-bond acceptors (Lipinski definition) is 2. The van der Waals surface area contributed by atoms with Crippen molar-refractivity contribution < 1.29 is 21.1 Å². The summed E-state index contributed by atoms with van der Waals surface area (Å²) in [5.41, 5.74) is 0. The van der Waals surface area contributed by atoms with E-state index in [1.807, 2.05) is 31.2 Å². The molecule has 0 aliphatic carbocycles. The molecule has 0 amide bonds. The number of aryl methyl sites for hydroxylation is 2. The van der Waals surface area contributed by atoms with Gasteiger partial charge in [0.1, 0.15) is 5.82 Å². The predicted molar refractivity (Wildman–Crippen MR) is 45.3 cm³/mol. The van der Waals surface area contributed by atoms with Crippen molar-refractivity contribution in [2.24, 2.45) is 7.05 Å². The second-order valence-electron chi connectivity index (χ2n) is 2.20. The van der Waals surface area contributed by atoms with Gasteiger partial charge >= 0.3 is 0 Å². The van der Waals surface area contributed by atoms with Crippen LogP contribution in [0.1, 0.15) is 5.82 Å². The zero-order valence-electron chi connectivity index (χ0n) is 6.69. The van der Waals surface area contributed by atoms with Crippen molar-refractivity contribution in [2.75, 3.05) is 12.0 Å². The number of imidazole rings is 1. The Morgan fingerprint density at radius 2 is 2.36 bits per heavy atom. The van der Waals surface area contributed by atoms with E-state index in [9.17, 15) is 0 Å². The van der Waals surface area contributed by atoms with Crippen LogP contribution in [0.2, 0.25) is 0 Å². The van der Waals surface area contributed by atoms with E-state index in [1.165, 1.54) is 5.82 Å². The van der Waals surface area contributed by atoms with Crippen molar-refractivity contribution in [3.63, 3.8) is 0 Å². The maximum absolute atomic E-state index is 4.20. The van der Waals surface area contributed by atoms with Crippen LogP contribution in [0.3, 0.4) is 0 Å². The summed E-state index contributed by atoms with van der Waals surface area (Å²) in [6, 6.07) is 0. The molecular weight excluding hydrogens is 339 g/mol. The molecule has 4 heteroatoms. The van der Waals surface area contributed by atoms with E-state index in [0.717, 1.165) is 12.2 Å². The third-order valence-corrected chi connectivity index (χ3v) is 2.06. The number of hydrogen-bond donors (Lipinski definition) is 0. The van der Waals surface area contributed by atoms with Crippen LogP contribution in [0.4, 0.5) is 0 Å². The number of aromatic nitrogens is 2. The van der Waals surface area contributed by atoms with E-state index in [0.29, 0.717) is 0 Å². The molecule has 0 aliphatic heterocycles. The monoisotopic (exact) mass is 351 g/mol. The van der Waals surface area contributed by atoms with Gasteiger partial charge in [-0.05, 0) is 6.26 Å². The van der Waals surface area contributed by atoms with E-state index in [4.69, 9.17) is 0 Å². The summed E-state index contributed by atoms with van der Waals surface area (Å²) in [6.07, 6.45) is 7.01. The molecule has 2 nitrogen and oxygen atoms in total. The van der Waals surface area contributed by atoms with Crippen LogP contribution in [0.5, 0.6) is 0 Å². The van der Waals surface area contributed by atoms with Crippen molar-refractivity contribution in [1.29, 1.82) is 0 Å². The topological polar surface area (TPSA) is 17.8 Å². The first-order valence-electron chi connectivity index (χ1n) is 3.29. The fraction of sp³-hybridized carbons (Fsp3) is 0.571. The average Bonchev–Trinajstić information content (AvgIpc) is 2.31. The van der Waals surface area contributed by atoms with Gasteiger partial charge in [-0.1, -0.05) is 0 Å². The van der Waals surface area contributed by atoms with Gasteiger partial charge < -0.3 is 4.57 Å². The van der Waals surface area contributed by atoms with Crippen molar-refractivity contribution >= 4 is 11.8 Å². The first-order chi connectivity index (χ1) is 4.84. The van der Waals surface area contributed by atoms with Crippen LogP contribution in [-0.4, -0.2) is 21.6 Å². The Morgan fingerprint density at radius 1 is 1.64 bits per heavy atom. The van der Waals surface area contributed by atoms with E-state index < -0.39 is 0 Å². The zero-order chi connectivity index (χ0) is 7.40. The summed E-state index contributed by atoms with van der Waals surface area (Å²) in [5, 5.41) is 0. The molecule has 0 bridgehead atoms. The number of rotatable bonds is 3. The third-order valence-electron chi connectivity index (χ3n) is 1.45. The van der Waals surface area contributed by atoms with Crippen LogP contribution in [0.25, 0.3) is 0 Å². The van der Waals surface area contributed by atoms with Gasteiger partial charge in [-0.3, -0.25) is 0 Å². The first kappa shape index (κ1) is 11.2.